The molecule has 2 aliphatic carbocycles. The smallest absolute Gasteiger partial charge is 0.339 e. The summed E-state index contributed by atoms with van der Waals surface area (Å²) in [4.78, 5) is 36.2. The predicted octanol–water partition coefficient (Wildman–Crippen LogP) is 3.35. The molecule has 0 radical (unpaired) electrons. The summed E-state index contributed by atoms with van der Waals surface area (Å²) in [6, 6.07) is 13.2. The van der Waals surface area contributed by atoms with Crippen molar-refractivity contribution in [1.82, 2.24) is 5.32 Å². The van der Waals surface area contributed by atoms with Crippen LogP contribution >= 0.6 is 0 Å². The van der Waals surface area contributed by atoms with E-state index in [1.54, 1.807) is 30.3 Å². The van der Waals surface area contributed by atoms with Gasteiger partial charge in [0.1, 0.15) is 5.69 Å². The van der Waals surface area contributed by atoms with Crippen LogP contribution in [0.15, 0.2) is 48.5 Å². The number of nitrogens with zero attached hydrogens (tertiary/aromatic N) is 1. The van der Waals surface area contributed by atoms with Gasteiger partial charge in [-0.25, -0.2) is 4.79 Å². The number of nitro benzene ring substituents is 1. The fourth-order valence-electron chi connectivity index (χ4n) is 2.96. The molecule has 8 heteroatoms. The molecule has 1 atom stereocenters. The van der Waals surface area contributed by atoms with Crippen LogP contribution in [0.4, 0.5) is 11.4 Å². The van der Waals surface area contributed by atoms with E-state index in [0.717, 1.165) is 25.7 Å². The van der Waals surface area contributed by atoms with Crippen LogP contribution in [0.25, 0.3) is 0 Å². The van der Waals surface area contributed by atoms with Crippen LogP contribution in [-0.2, 0) is 9.53 Å². The average Bonchev–Trinajstić information content (AvgIpc) is 3.64. The second kappa shape index (κ2) is 7.90. The number of rotatable bonds is 8. The zero-order valence-corrected chi connectivity index (χ0v) is 15.7. The van der Waals surface area contributed by atoms with Gasteiger partial charge in [0.25, 0.3) is 11.6 Å². The molecule has 0 spiro atoms. The number of nitrogens with one attached hydrogen (secondary N) is 2. The van der Waals surface area contributed by atoms with Crippen LogP contribution < -0.4 is 10.6 Å². The van der Waals surface area contributed by atoms with Gasteiger partial charge in [-0.1, -0.05) is 30.3 Å². The minimum atomic E-state index is -1.12. The monoisotopic (exact) mass is 395 g/mol. The number of anilines is 1. The number of carbonyl (C=O) groups excluding carboxylic acids is 2. The summed E-state index contributed by atoms with van der Waals surface area (Å²) < 4.78 is 5.49. The standard InChI is InChI=1S/C21H21N3O5/c25-20(23-16-9-10-16)19(13-4-2-1-3-5-13)29-21(26)14-6-11-17(22-15-7-8-15)18(12-14)24(27)28/h1-6,11-12,15-16,19,22H,7-10H2,(H,23,25)/t19-/m1/s1. The summed E-state index contributed by atoms with van der Waals surface area (Å²) in [5.74, 6) is -1.18. The van der Waals surface area contributed by atoms with Crippen LogP contribution in [-0.4, -0.2) is 28.9 Å². The molecule has 0 aliphatic heterocycles. The van der Waals surface area contributed by atoms with E-state index in [0.29, 0.717) is 11.3 Å². The molecule has 0 saturated heterocycles. The zero-order valence-electron chi connectivity index (χ0n) is 15.7. The van der Waals surface area contributed by atoms with E-state index in [2.05, 4.69) is 10.6 Å². The molecule has 0 bridgehead atoms. The molecule has 8 nitrogen and oxygen atoms in total. The first-order chi connectivity index (χ1) is 14.0. The number of hydrogen-bond acceptors (Lipinski definition) is 6. The lowest BCUT2D eigenvalue weighted by molar-refractivity contribution is -0.384. The van der Waals surface area contributed by atoms with Crippen LogP contribution in [0, 0.1) is 10.1 Å². The highest BCUT2D eigenvalue weighted by Gasteiger charge is 2.32. The molecule has 2 aromatic rings. The van der Waals surface area contributed by atoms with Crippen LogP contribution in [0.2, 0.25) is 0 Å². The van der Waals surface area contributed by atoms with Gasteiger partial charge in [-0.2, -0.15) is 0 Å². The molecule has 4 rings (SSSR count). The molecule has 0 unspecified atom stereocenters. The van der Waals surface area contributed by atoms with Gasteiger partial charge in [0.15, 0.2) is 0 Å². The van der Waals surface area contributed by atoms with E-state index in [1.165, 1.54) is 18.2 Å². The lowest BCUT2D eigenvalue weighted by Crippen LogP contribution is -2.33. The number of benzene rings is 2. The minimum absolute atomic E-state index is 0.0261. The maximum atomic E-state index is 12.7. The molecule has 2 N–H and O–H groups in total. The molecule has 2 aromatic carbocycles. The first kappa shape index (κ1) is 18.9. The highest BCUT2D eigenvalue weighted by atomic mass is 16.6. The summed E-state index contributed by atoms with van der Waals surface area (Å²) >= 11 is 0. The Morgan fingerprint density at radius 1 is 1.03 bits per heavy atom. The van der Waals surface area contributed by atoms with E-state index in [1.807, 2.05) is 0 Å². The number of carbonyl (C=O) groups is 2. The number of nitro groups is 1. The highest BCUT2D eigenvalue weighted by molar-refractivity contribution is 5.94. The van der Waals surface area contributed by atoms with Crippen molar-refractivity contribution in [3.63, 3.8) is 0 Å². The fraction of sp³-hybridized carbons (Fsp3) is 0.333. The van der Waals surface area contributed by atoms with Gasteiger partial charge in [0.05, 0.1) is 10.5 Å². The van der Waals surface area contributed by atoms with Crippen molar-refractivity contribution in [2.45, 2.75) is 43.9 Å². The molecular formula is C21H21N3O5. The van der Waals surface area contributed by atoms with Gasteiger partial charge in [-0.05, 0) is 37.8 Å². The summed E-state index contributed by atoms with van der Waals surface area (Å²) in [6.45, 7) is 0. The summed E-state index contributed by atoms with van der Waals surface area (Å²) in [7, 11) is 0. The van der Waals surface area contributed by atoms with Crippen LogP contribution in [0.3, 0.4) is 0 Å². The molecule has 0 aromatic heterocycles. The lowest BCUT2D eigenvalue weighted by atomic mass is 10.1. The Hall–Kier alpha value is -3.42. The van der Waals surface area contributed by atoms with Crippen LogP contribution in [0.1, 0.15) is 47.7 Å². The minimum Gasteiger partial charge on any atom is -0.444 e. The Balaban J connectivity index is 1.55. The Kier molecular flexibility index (Phi) is 5.16. The van der Waals surface area contributed by atoms with Crippen molar-refractivity contribution in [3.05, 3.63) is 69.8 Å². The van der Waals surface area contributed by atoms with Crippen molar-refractivity contribution in [2.24, 2.45) is 0 Å². The topological polar surface area (TPSA) is 111 Å². The number of hydrogen-bond donors (Lipinski definition) is 2. The third-order valence-electron chi connectivity index (χ3n) is 4.86. The predicted molar refractivity (Wildman–Crippen MR) is 106 cm³/mol. The van der Waals surface area contributed by atoms with Crippen molar-refractivity contribution in [3.8, 4) is 0 Å². The summed E-state index contributed by atoms with van der Waals surface area (Å²) in [6.07, 6.45) is 2.63. The maximum absolute atomic E-state index is 12.7. The Morgan fingerprint density at radius 3 is 2.34 bits per heavy atom. The van der Waals surface area contributed by atoms with Crippen molar-refractivity contribution >= 4 is 23.3 Å². The van der Waals surface area contributed by atoms with Crippen molar-refractivity contribution in [2.75, 3.05) is 5.32 Å². The molecular weight excluding hydrogens is 374 g/mol. The van der Waals surface area contributed by atoms with E-state index >= 15 is 0 Å². The average molecular weight is 395 g/mol. The number of esters is 1. The molecule has 2 aliphatic rings. The molecule has 2 saturated carbocycles. The number of ether oxygens (including phenoxy) is 1. The Bertz CT molecular complexity index is 939. The van der Waals surface area contributed by atoms with Gasteiger partial charge in [-0.3, -0.25) is 14.9 Å². The maximum Gasteiger partial charge on any atom is 0.339 e. The first-order valence-corrected chi connectivity index (χ1v) is 9.62. The summed E-state index contributed by atoms with van der Waals surface area (Å²) in [5, 5.41) is 17.4. The quantitative estimate of drug-likeness (QED) is 0.403. The fourth-order valence-corrected chi connectivity index (χ4v) is 2.96. The van der Waals surface area contributed by atoms with E-state index in [9.17, 15) is 19.7 Å². The van der Waals surface area contributed by atoms with Gasteiger partial charge in [0.2, 0.25) is 6.10 Å². The molecule has 1 amide bonds. The molecule has 2 fully saturated rings. The molecule has 150 valence electrons. The van der Waals surface area contributed by atoms with Gasteiger partial charge in [0, 0.05) is 23.7 Å². The highest BCUT2D eigenvalue weighted by Crippen LogP contribution is 2.32. The van der Waals surface area contributed by atoms with Gasteiger partial charge < -0.3 is 15.4 Å². The summed E-state index contributed by atoms with van der Waals surface area (Å²) in [5.41, 5.74) is 0.754. The molecule has 29 heavy (non-hydrogen) atoms. The van der Waals surface area contributed by atoms with E-state index in [-0.39, 0.29) is 23.3 Å². The SMILES string of the molecule is O=C(O[C@@H](C(=O)NC1CC1)c1ccccc1)c1ccc(NC2CC2)c([N+](=O)[O-])c1. The van der Waals surface area contributed by atoms with E-state index in [4.69, 9.17) is 4.74 Å². The second-order valence-corrected chi connectivity index (χ2v) is 7.39. The van der Waals surface area contributed by atoms with Gasteiger partial charge in [-0.15, -0.1) is 0 Å². The Labute approximate surface area is 167 Å². The van der Waals surface area contributed by atoms with Crippen molar-refractivity contribution < 1.29 is 19.2 Å². The normalized spacial score (nSPS) is 16.6. The number of amides is 1. The van der Waals surface area contributed by atoms with Crippen LogP contribution in [0.5, 0.6) is 0 Å². The zero-order chi connectivity index (χ0) is 20.4. The third-order valence-corrected chi connectivity index (χ3v) is 4.86. The lowest BCUT2D eigenvalue weighted by Gasteiger charge is -2.18. The van der Waals surface area contributed by atoms with Crippen molar-refractivity contribution in [1.29, 1.82) is 0 Å². The Morgan fingerprint density at radius 2 is 1.72 bits per heavy atom. The van der Waals surface area contributed by atoms with Gasteiger partial charge >= 0.3 is 5.97 Å². The third kappa shape index (κ3) is 4.71. The largest absolute Gasteiger partial charge is 0.444 e. The first-order valence-electron chi connectivity index (χ1n) is 9.62. The second-order valence-electron chi connectivity index (χ2n) is 7.39. The van der Waals surface area contributed by atoms with E-state index < -0.39 is 22.9 Å². The molecule has 0 heterocycles.